The normalized spacial score (nSPS) is 11.6. The smallest absolute Gasteiger partial charge is 0.0684 e. The van der Waals surface area contributed by atoms with Gasteiger partial charge in [-0.3, -0.25) is 0 Å². The van der Waals surface area contributed by atoms with Crippen molar-refractivity contribution in [2.75, 3.05) is 0 Å². The summed E-state index contributed by atoms with van der Waals surface area (Å²) in [5.74, 6) is 0. The largest absolute Gasteiger partial charge is 0.347 e. The molecule has 2 heteroatoms. The van der Waals surface area contributed by atoms with E-state index in [2.05, 4.69) is 48.0 Å². The Balaban J connectivity index is 2.25. The van der Waals surface area contributed by atoms with Crippen LogP contribution in [0.4, 0.5) is 0 Å². The maximum absolute atomic E-state index is 9.02. The van der Waals surface area contributed by atoms with Crippen molar-refractivity contribution in [3.8, 4) is 6.07 Å². The van der Waals surface area contributed by atoms with Crippen LogP contribution < -0.4 is 0 Å². The van der Waals surface area contributed by atoms with Gasteiger partial charge in [0.25, 0.3) is 0 Å². The fourth-order valence-corrected chi connectivity index (χ4v) is 1.94. The van der Waals surface area contributed by atoms with Gasteiger partial charge >= 0.3 is 0 Å². The summed E-state index contributed by atoms with van der Waals surface area (Å²) in [7, 11) is 0. The van der Waals surface area contributed by atoms with Crippen molar-refractivity contribution in [2.45, 2.75) is 33.7 Å². The second-order valence-electron chi connectivity index (χ2n) is 5.32. The summed E-state index contributed by atoms with van der Waals surface area (Å²) >= 11 is 0. The molecule has 2 aromatic rings. The molecule has 0 aliphatic rings. The Kier molecular flexibility index (Phi) is 2.93. The average molecular weight is 226 g/mol. The topological polar surface area (TPSA) is 28.7 Å². The Labute approximate surface area is 102 Å². The fourth-order valence-electron chi connectivity index (χ4n) is 1.94. The third-order valence-electron chi connectivity index (χ3n) is 3.21. The molecule has 0 N–H and O–H groups in total. The molecule has 2 rings (SSSR count). The molecule has 2 nitrogen and oxygen atoms in total. The monoisotopic (exact) mass is 226 g/mol. The van der Waals surface area contributed by atoms with Gasteiger partial charge < -0.3 is 4.57 Å². The van der Waals surface area contributed by atoms with Crippen molar-refractivity contribution in [1.82, 2.24) is 4.57 Å². The van der Waals surface area contributed by atoms with E-state index in [1.54, 1.807) is 0 Å². The average Bonchev–Trinajstić information content (AvgIpc) is 2.69. The zero-order valence-electron chi connectivity index (χ0n) is 10.7. The van der Waals surface area contributed by atoms with Crippen LogP contribution in [0.2, 0.25) is 0 Å². The molecule has 0 fully saturated rings. The minimum absolute atomic E-state index is 0.250. The number of hydrogen-bond donors (Lipinski definition) is 0. The highest BCUT2D eigenvalue weighted by Crippen LogP contribution is 2.23. The van der Waals surface area contributed by atoms with Crippen molar-refractivity contribution in [1.29, 1.82) is 5.26 Å². The van der Waals surface area contributed by atoms with Gasteiger partial charge in [0.1, 0.15) is 0 Å². The molecule has 17 heavy (non-hydrogen) atoms. The van der Waals surface area contributed by atoms with E-state index in [0.717, 1.165) is 13.0 Å². The minimum Gasteiger partial charge on any atom is -0.347 e. The first-order valence-electron chi connectivity index (χ1n) is 5.99. The van der Waals surface area contributed by atoms with Crippen LogP contribution in [0, 0.1) is 23.7 Å². The van der Waals surface area contributed by atoms with Crippen molar-refractivity contribution in [3.63, 3.8) is 0 Å². The molecule has 0 saturated carbocycles. The number of nitrogens with zero attached hydrogens (tertiary/aromatic N) is 2. The summed E-state index contributed by atoms with van der Waals surface area (Å²) in [6.07, 6.45) is 2.98. The summed E-state index contributed by atoms with van der Waals surface area (Å²) < 4.78 is 2.24. The lowest BCUT2D eigenvalue weighted by molar-refractivity contribution is 0.417. The van der Waals surface area contributed by atoms with E-state index in [-0.39, 0.29) is 5.41 Å². The number of aromatic nitrogens is 1. The third-order valence-corrected chi connectivity index (χ3v) is 3.21. The number of aryl methyl sites for hydroxylation is 2. The van der Waals surface area contributed by atoms with E-state index in [1.165, 1.54) is 16.5 Å². The standard InChI is InChI=1S/C15H18N2/c1-12-4-5-13-6-8-17(14(13)10-12)9-7-15(2,3)11-16/h4-6,8,10H,7,9H2,1-3H3. The number of nitriles is 1. The number of fused-ring (bicyclic) bond motifs is 1. The zero-order valence-corrected chi connectivity index (χ0v) is 10.7. The molecule has 0 amide bonds. The molecule has 1 aromatic heterocycles. The molecule has 88 valence electrons. The first kappa shape index (κ1) is 11.7. The van der Waals surface area contributed by atoms with Crippen molar-refractivity contribution >= 4 is 10.9 Å². The summed E-state index contributed by atoms with van der Waals surface area (Å²) in [4.78, 5) is 0. The van der Waals surface area contributed by atoms with Crippen LogP contribution in [0.3, 0.4) is 0 Å². The predicted octanol–water partition coefficient (Wildman–Crippen LogP) is 3.89. The lowest BCUT2D eigenvalue weighted by atomic mass is 9.91. The minimum atomic E-state index is -0.250. The molecule has 0 radical (unpaired) electrons. The van der Waals surface area contributed by atoms with Gasteiger partial charge in [0.05, 0.1) is 11.5 Å². The van der Waals surface area contributed by atoms with E-state index in [1.807, 2.05) is 13.8 Å². The van der Waals surface area contributed by atoms with Gasteiger partial charge in [-0.05, 0) is 50.3 Å². The van der Waals surface area contributed by atoms with Gasteiger partial charge in [-0.2, -0.15) is 5.26 Å². The Hall–Kier alpha value is -1.75. The molecule has 0 spiro atoms. The highest BCUT2D eigenvalue weighted by molar-refractivity contribution is 5.80. The van der Waals surface area contributed by atoms with Crippen molar-refractivity contribution in [2.24, 2.45) is 5.41 Å². The molecule has 0 saturated heterocycles. The quantitative estimate of drug-likeness (QED) is 0.780. The molecular weight excluding hydrogens is 208 g/mol. The highest BCUT2D eigenvalue weighted by atomic mass is 14.9. The lowest BCUT2D eigenvalue weighted by Crippen LogP contribution is -2.11. The van der Waals surface area contributed by atoms with Gasteiger partial charge in [0, 0.05) is 18.3 Å². The molecule has 0 aliphatic heterocycles. The van der Waals surface area contributed by atoms with Crippen LogP contribution in [0.25, 0.3) is 10.9 Å². The number of benzene rings is 1. The molecule has 0 atom stereocenters. The van der Waals surface area contributed by atoms with Crippen LogP contribution in [0.5, 0.6) is 0 Å². The van der Waals surface area contributed by atoms with Crippen LogP contribution in [-0.4, -0.2) is 4.57 Å². The van der Waals surface area contributed by atoms with Gasteiger partial charge in [0.15, 0.2) is 0 Å². The van der Waals surface area contributed by atoms with Crippen molar-refractivity contribution in [3.05, 3.63) is 36.0 Å². The first-order chi connectivity index (χ1) is 8.02. The van der Waals surface area contributed by atoms with E-state index < -0.39 is 0 Å². The first-order valence-corrected chi connectivity index (χ1v) is 5.99. The maximum Gasteiger partial charge on any atom is 0.0684 e. The highest BCUT2D eigenvalue weighted by Gasteiger charge is 2.16. The SMILES string of the molecule is Cc1ccc2ccn(CCC(C)(C)C#N)c2c1. The van der Waals surface area contributed by atoms with Gasteiger partial charge in [-0.15, -0.1) is 0 Å². The zero-order chi connectivity index (χ0) is 12.5. The Morgan fingerprint density at radius 3 is 2.76 bits per heavy atom. The van der Waals surface area contributed by atoms with Crippen LogP contribution in [-0.2, 0) is 6.54 Å². The van der Waals surface area contributed by atoms with Crippen LogP contribution in [0.15, 0.2) is 30.5 Å². The van der Waals surface area contributed by atoms with E-state index in [0.29, 0.717) is 0 Å². The number of rotatable bonds is 3. The van der Waals surface area contributed by atoms with Gasteiger partial charge in [-0.1, -0.05) is 12.1 Å². The molecular formula is C15H18N2. The summed E-state index contributed by atoms with van der Waals surface area (Å²) in [6, 6.07) is 11.0. The Bertz CT molecular complexity index is 570. The van der Waals surface area contributed by atoms with Crippen molar-refractivity contribution < 1.29 is 0 Å². The summed E-state index contributed by atoms with van der Waals surface area (Å²) in [6.45, 7) is 6.98. The summed E-state index contributed by atoms with van der Waals surface area (Å²) in [5, 5.41) is 10.3. The predicted molar refractivity (Wildman–Crippen MR) is 70.7 cm³/mol. The molecule has 1 heterocycles. The maximum atomic E-state index is 9.02. The molecule has 1 aromatic carbocycles. The van der Waals surface area contributed by atoms with E-state index in [9.17, 15) is 0 Å². The van der Waals surface area contributed by atoms with E-state index >= 15 is 0 Å². The van der Waals surface area contributed by atoms with Gasteiger partial charge in [0.2, 0.25) is 0 Å². The fraction of sp³-hybridized carbons (Fsp3) is 0.400. The number of hydrogen-bond acceptors (Lipinski definition) is 1. The second kappa shape index (κ2) is 4.25. The Morgan fingerprint density at radius 2 is 2.06 bits per heavy atom. The van der Waals surface area contributed by atoms with Gasteiger partial charge in [-0.25, -0.2) is 0 Å². The van der Waals surface area contributed by atoms with E-state index in [4.69, 9.17) is 5.26 Å². The van der Waals surface area contributed by atoms with Crippen LogP contribution in [0.1, 0.15) is 25.8 Å². The van der Waals surface area contributed by atoms with Crippen LogP contribution >= 0.6 is 0 Å². The molecule has 0 unspecified atom stereocenters. The lowest BCUT2D eigenvalue weighted by Gasteiger charge is -2.15. The molecule has 0 bridgehead atoms. The third kappa shape index (κ3) is 2.50. The molecule has 0 aliphatic carbocycles. The second-order valence-corrected chi connectivity index (χ2v) is 5.32. The summed E-state index contributed by atoms with van der Waals surface area (Å²) in [5.41, 5.74) is 2.29. The Morgan fingerprint density at radius 1 is 1.29 bits per heavy atom.